The molecule has 5 heteroatoms. The van der Waals surface area contributed by atoms with Gasteiger partial charge in [0.1, 0.15) is 5.78 Å². The molecule has 1 fully saturated rings. The summed E-state index contributed by atoms with van der Waals surface area (Å²) in [6.45, 7) is 3.88. The van der Waals surface area contributed by atoms with Crippen LogP contribution in [0.15, 0.2) is 18.2 Å². The van der Waals surface area contributed by atoms with Gasteiger partial charge in [-0.15, -0.1) is 0 Å². The summed E-state index contributed by atoms with van der Waals surface area (Å²) >= 11 is 12.2. The number of ether oxygens (including phenoxy) is 1. The molecule has 0 spiro atoms. The molecule has 0 saturated carbocycles. The van der Waals surface area contributed by atoms with E-state index in [1.807, 2.05) is 18.2 Å². The molecular formula is C15H19Cl2NO2. The third-order valence-corrected chi connectivity index (χ3v) is 4.23. The Labute approximate surface area is 129 Å². The summed E-state index contributed by atoms with van der Waals surface area (Å²) in [5.74, 6) is 0.371. The fraction of sp³-hybridized carbons (Fsp3) is 0.533. The predicted molar refractivity (Wildman–Crippen MR) is 81.7 cm³/mol. The van der Waals surface area contributed by atoms with Gasteiger partial charge in [0, 0.05) is 42.5 Å². The fourth-order valence-corrected chi connectivity index (χ4v) is 2.85. The highest BCUT2D eigenvalue weighted by Crippen LogP contribution is 2.24. The van der Waals surface area contributed by atoms with Crippen molar-refractivity contribution < 1.29 is 9.53 Å². The molecule has 1 aromatic carbocycles. The van der Waals surface area contributed by atoms with Gasteiger partial charge in [0.15, 0.2) is 0 Å². The molecule has 110 valence electrons. The Morgan fingerprint density at radius 1 is 1.10 bits per heavy atom. The third-order valence-electron chi connectivity index (χ3n) is 3.52. The summed E-state index contributed by atoms with van der Waals surface area (Å²) in [5.41, 5.74) is 0.944. The average molecular weight is 316 g/mol. The number of piperidine rings is 1. The zero-order valence-corrected chi connectivity index (χ0v) is 12.9. The van der Waals surface area contributed by atoms with E-state index in [2.05, 4.69) is 4.90 Å². The highest BCUT2D eigenvalue weighted by molar-refractivity contribution is 6.35. The molecule has 20 heavy (non-hydrogen) atoms. The number of hydrogen-bond acceptors (Lipinski definition) is 3. The van der Waals surface area contributed by atoms with Gasteiger partial charge in [-0.05, 0) is 24.1 Å². The van der Waals surface area contributed by atoms with E-state index in [9.17, 15) is 4.79 Å². The number of ketones is 1. The van der Waals surface area contributed by atoms with Crippen LogP contribution in [0.4, 0.5) is 0 Å². The van der Waals surface area contributed by atoms with Crippen LogP contribution in [0, 0.1) is 0 Å². The largest absolute Gasteiger partial charge is 0.380 e. The molecule has 1 heterocycles. The Hall–Kier alpha value is -0.610. The summed E-state index contributed by atoms with van der Waals surface area (Å²) in [6, 6.07) is 5.52. The molecule has 2 rings (SSSR count). The van der Waals surface area contributed by atoms with Crippen LogP contribution in [-0.2, 0) is 16.0 Å². The van der Waals surface area contributed by atoms with E-state index in [4.69, 9.17) is 27.9 Å². The lowest BCUT2D eigenvalue weighted by Crippen LogP contribution is -2.36. The molecule has 3 nitrogen and oxygen atoms in total. The molecule has 0 atom stereocenters. The second-order valence-electron chi connectivity index (χ2n) is 4.94. The lowest BCUT2D eigenvalue weighted by molar-refractivity contribution is -0.121. The molecule has 1 aliphatic rings. The summed E-state index contributed by atoms with van der Waals surface area (Å²) in [6.07, 6.45) is 2.07. The zero-order chi connectivity index (χ0) is 14.4. The Balaban J connectivity index is 1.63. The van der Waals surface area contributed by atoms with Crippen LogP contribution in [0.5, 0.6) is 0 Å². The van der Waals surface area contributed by atoms with Crippen molar-refractivity contribution in [2.24, 2.45) is 0 Å². The normalized spacial score (nSPS) is 16.6. The molecule has 1 aliphatic heterocycles. The summed E-state index contributed by atoms with van der Waals surface area (Å²) in [5, 5.41) is 1.38. The first-order chi connectivity index (χ1) is 9.66. The van der Waals surface area contributed by atoms with Crippen LogP contribution in [0.3, 0.4) is 0 Å². The fourth-order valence-electron chi connectivity index (χ4n) is 2.27. The van der Waals surface area contributed by atoms with E-state index >= 15 is 0 Å². The van der Waals surface area contributed by atoms with Crippen LogP contribution in [0.2, 0.25) is 10.0 Å². The van der Waals surface area contributed by atoms with Crippen molar-refractivity contribution in [2.45, 2.75) is 19.3 Å². The molecular weight excluding hydrogens is 297 g/mol. The molecule has 0 N–H and O–H groups in total. The van der Waals surface area contributed by atoms with Gasteiger partial charge in [0.25, 0.3) is 0 Å². The van der Waals surface area contributed by atoms with E-state index in [-0.39, 0.29) is 0 Å². The van der Waals surface area contributed by atoms with Crippen LogP contribution in [-0.4, -0.2) is 43.5 Å². The monoisotopic (exact) mass is 315 g/mol. The number of nitrogens with zero attached hydrogens (tertiary/aromatic N) is 1. The maximum absolute atomic E-state index is 11.1. The minimum atomic E-state index is 0.371. The van der Waals surface area contributed by atoms with Crippen molar-refractivity contribution in [1.82, 2.24) is 4.90 Å². The number of carbonyl (C=O) groups is 1. The number of Topliss-reactive ketones (excluding diaryl/α,β-unsaturated/α-hetero) is 1. The number of hydrogen-bond donors (Lipinski definition) is 0. The molecule has 1 aromatic rings. The minimum absolute atomic E-state index is 0.371. The highest BCUT2D eigenvalue weighted by Gasteiger charge is 2.15. The molecule has 0 aromatic heterocycles. The maximum Gasteiger partial charge on any atom is 0.135 e. The Bertz CT molecular complexity index is 435. The molecule has 0 amide bonds. The zero-order valence-electron chi connectivity index (χ0n) is 11.4. The predicted octanol–water partition coefficient (Wildman–Crippen LogP) is 3.22. The van der Waals surface area contributed by atoms with Crippen LogP contribution >= 0.6 is 23.2 Å². The smallest absolute Gasteiger partial charge is 0.135 e. The van der Waals surface area contributed by atoms with Gasteiger partial charge in [-0.25, -0.2) is 0 Å². The van der Waals surface area contributed by atoms with Crippen molar-refractivity contribution in [1.29, 1.82) is 0 Å². The first-order valence-corrected chi connectivity index (χ1v) is 7.67. The highest BCUT2D eigenvalue weighted by atomic mass is 35.5. The number of benzene rings is 1. The van der Waals surface area contributed by atoms with E-state index < -0.39 is 0 Å². The van der Waals surface area contributed by atoms with E-state index in [1.54, 1.807) is 0 Å². The van der Waals surface area contributed by atoms with Crippen molar-refractivity contribution in [3.8, 4) is 0 Å². The Morgan fingerprint density at radius 2 is 1.75 bits per heavy atom. The second kappa shape index (κ2) is 7.99. The van der Waals surface area contributed by atoms with Crippen molar-refractivity contribution in [3.63, 3.8) is 0 Å². The van der Waals surface area contributed by atoms with E-state index in [0.717, 1.165) is 31.6 Å². The molecule has 0 unspecified atom stereocenters. The van der Waals surface area contributed by atoms with Crippen LogP contribution in [0.1, 0.15) is 18.4 Å². The van der Waals surface area contributed by atoms with Crippen molar-refractivity contribution >= 4 is 29.0 Å². The lowest BCUT2D eigenvalue weighted by atomic mass is 10.1. The van der Waals surface area contributed by atoms with Crippen molar-refractivity contribution in [3.05, 3.63) is 33.8 Å². The third kappa shape index (κ3) is 4.74. The molecule has 1 saturated heterocycles. The Kier molecular flexibility index (Phi) is 6.30. The SMILES string of the molecule is O=C1CCN(CCOCCc2c(Cl)cccc2Cl)CC1. The van der Waals surface area contributed by atoms with Gasteiger partial charge < -0.3 is 9.64 Å². The molecule has 0 bridgehead atoms. The van der Waals surface area contributed by atoms with Gasteiger partial charge >= 0.3 is 0 Å². The lowest BCUT2D eigenvalue weighted by Gasteiger charge is -2.25. The molecule has 0 aliphatic carbocycles. The van der Waals surface area contributed by atoms with E-state index in [0.29, 0.717) is 41.9 Å². The number of carbonyl (C=O) groups excluding carboxylic acids is 1. The summed E-state index contributed by atoms with van der Waals surface area (Å²) in [4.78, 5) is 13.4. The second-order valence-corrected chi connectivity index (χ2v) is 5.76. The van der Waals surface area contributed by atoms with Crippen LogP contribution in [0.25, 0.3) is 0 Å². The number of rotatable bonds is 6. The summed E-state index contributed by atoms with van der Waals surface area (Å²) < 4.78 is 5.63. The quantitative estimate of drug-likeness (QED) is 0.755. The Morgan fingerprint density at radius 3 is 2.40 bits per heavy atom. The maximum atomic E-state index is 11.1. The first kappa shape index (κ1) is 15.8. The van der Waals surface area contributed by atoms with Gasteiger partial charge in [-0.1, -0.05) is 29.3 Å². The van der Waals surface area contributed by atoms with Gasteiger partial charge in [0.05, 0.1) is 13.2 Å². The minimum Gasteiger partial charge on any atom is -0.380 e. The van der Waals surface area contributed by atoms with Gasteiger partial charge in [-0.3, -0.25) is 4.79 Å². The van der Waals surface area contributed by atoms with Gasteiger partial charge in [-0.2, -0.15) is 0 Å². The van der Waals surface area contributed by atoms with Crippen LogP contribution < -0.4 is 0 Å². The van der Waals surface area contributed by atoms with Crippen molar-refractivity contribution in [2.75, 3.05) is 32.8 Å². The van der Waals surface area contributed by atoms with E-state index in [1.165, 1.54) is 0 Å². The molecule has 0 radical (unpaired) electrons. The number of likely N-dealkylation sites (tertiary alicyclic amines) is 1. The average Bonchev–Trinajstić information content (AvgIpc) is 2.43. The topological polar surface area (TPSA) is 29.5 Å². The van der Waals surface area contributed by atoms with Gasteiger partial charge in [0.2, 0.25) is 0 Å². The summed E-state index contributed by atoms with van der Waals surface area (Å²) in [7, 11) is 0. The standard InChI is InChI=1S/C15H19Cl2NO2/c16-14-2-1-3-15(17)13(14)6-10-20-11-9-18-7-4-12(19)5-8-18/h1-3H,4-11H2. The first-order valence-electron chi connectivity index (χ1n) is 6.91. The number of halogens is 2.